The molecule has 0 aliphatic carbocycles. The summed E-state index contributed by atoms with van der Waals surface area (Å²) in [5, 5.41) is 22.5. The van der Waals surface area contributed by atoms with Gasteiger partial charge in [0.1, 0.15) is 0 Å². The summed E-state index contributed by atoms with van der Waals surface area (Å²) >= 11 is 6.76. The van der Waals surface area contributed by atoms with Crippen LogP contribution < -0.4 is 11.2 Å². The number of thiophene rings is 1. The van der Waals surface area contributed by atoms with Crippen LogP contribution in [0.5, 0.6) is 0 Å². The maximum atomic E-state index is 12.1. The number of aromatic nitrogens is 3. The van der Waals surface area contributed by atoms with E-state index in [1.54, 1.807) is 24.3 Å². The second kappa shape index (κ2) is 7.29. The Morgan fingerprint density at radius 1 is 1.35 bits per heavy atom. The largest absolute Gasteiger partial charge is 0.382 e. The number of nitrogen functional groups attached to an aromatic ring is 1. The minimum absolute atomic E-state index is 0.0204. The summed E-state index contributed by atoms with van der Waals surface area (Å²) in [5.74, 6) is -0.628. The highest BCUT2D eigenvalue weighted by molar-refractivity contribution is 7.16. The monoisotopic (exact) mass is 391 g/mol. The average Bonchev–Trinajstić information content (AvgIpc) is 3.23. The fraction of sp³-hybridized carbons (Fsp3) is 0. The number of nitro groups is 1. The Morgan fingerprint density at radius 2 is 2.08 bits per heavy atom. The van der Waals surface area contributed by atoms with Crippen molar-refractivity contribution in [3.05, 3.63) is 62.1 Å². The number of rotatable bonds is 5. The van der Waals surface area contributed by atoms with Gasteiger partial charge in [-0.05, 0) is 30.3 Å². The zero-order chi connectivity index (χ0) is 18.7. The van der Waals surface area contributed by atoms with Crippen molar-refractivity contribution in [2.45, 2.75) is 0 Å². The van der Waals surface area contributed by atoms with Gasteiger partial charge in [-0.25, -0.2) is 5.43 Å². The van der Waals surface area contributed by atoms with E-state index < -0.39 is 10.8 Å². The van der Waals surface area contributed by atoms with Crippen molar-refractivity contribution in [1.29, 1.82) is 0 Å². The van der Waals surface area contributed by atoms with Gasteiger partial charge in [0.05, 0.1) is 21.7 Å². The molecule has 3 rings (SSSR count). The number of hydrogen-bond donors (Lipinski definition) is 2. The van der Waals surface area contributed by atoms with Crippen LogP contribution in [0.4, 0.5) is 10.8 Å². The Labute approximate surface area is 155 Å². The summed E-state index contributed by atoms with van der Waals surface area (Å²) in [5.41, 5.74) is 8.65. The van der Waals surface area contributed by atoms with E-state index in [1.807, 2.05) is 0 Å². The fourth-order valence-corrected chi connectivity index (χ4v) is 2.76. The maximum absolute atomic E-state index is 12.1. The molecular weight excluding hydrogens is 382 g/mol. The van der Waals surface area contributed by atoms with Crippen molar-refractivity contribution < 1.29 is 9.72 Å². The Hall–Kier alpha value is -3.31. The highest BCUT2D eigenvalue weighted by atomic mass is 35.5. The summed E-state index contributed by atoms with van der Waals surface area (Å²) in [4.78, 5) is 22.7. The van der Waals surface area contributed by atoms with Gasteiger partial charge in [-0.2, -0.15) is 9.78 Å². The van der Waals surface area contributed by atoms with E-state index in [0.717, 1.165) is 11.3 Å². The van der Waals surface area contributed by atoms with Gasteiger partial charge in [0, 0.05) is 11.1 Å². The second-order valence-electron chi connectivity index (χ2n) is 4.84. The molecule has 3 N–H and O–H groups in total. The molecule has 10 nitrogen and oxygen atoms in total. The molecule has 0 saturated carbocycles. The van der Waals surface area contributed by atoms with Crippen molar-refractivity contribution >= 4 is 45.9 Å². The van der Waals surface area contributed by atoms with E-state index in [4.69, 9.17) is 17.3 Å². The van der Waals surface area contributed by atoms with E-state index in [0.29, 0.717) is 15.6 Å². The zero-order valence-corrected chi connectivity index (χ0v) is 14.4. The molecule has 0 spiro atoms. The summed E-state index contributed by atoms with van der Waals surface area (Å²) in [6.07, 6.45) is 1.29. The van der Waals surface area contributed by atoms with Gasteiger partial charge in [-0.3, -0.25) is 14.9 Å². The Balaban J connectivity index is 1.71. The molecule has 132 valence electrons. The van der Waals surface area contributed by atoms with E-state index >= 15 is 0 Å². The van der Waals surface area contributed by atoms with E-state index in [1.165, 1.54) is 23.0 Å². The molecule has 3 aromatic rings. The lowest BCUT2D eigenvalue weighted by Gasteiger charge is -2.03. The van der Waals surface area contributed by atoms with Gasteiger partial charge in [-0.15, -0.1) is 5.10 Å². The molecule has 1 amide bonds. The smallest absolute Gasteiger partial charge is 0.324 e. The Kier molecular flexibility index (Phi) is 4.91. The lowest BCUT2D eigenvalue weighted by molar-refractivity contribution is -0.380. The molecule has 26 heavy (non-hydrogen) atoms. The van der Waals surface area contributed by atoms with E-state index in [9.17, 15) is 14.9 Å². The summed E-state index contributed by atoms with van der Waals surface area (Å²) < 4.78 is 1.29. The van der Waals surface area contributed by atoms with Crippen molar-refractivity contribution in [3.8, 4) is 5.69 Å². The van der Waals surface area contributed by atoms with Crippen LogP contribution in [-0.4, -0.2) is 32.0 Å². The van der Waals surface area contributed by atoms with E-state index in [-0.39, 0.29) is 16.5 Å². The highest BCUT2D eigenvalue weighted by Crippen LogP contribution is 2.22. The van der Waals surface area contributed by atoms with Crippen LogP contribution in [0.2, 0.25) is 5.02 Å². The third-order valence-corrected chi connectivity index (χ3v) is 4.37. The molecule has 2 heterocycles. The van der Waals surface area contributed by atoms with Gasteiger partial charge in [0.25, 0.3) is 5.91 Å². The number of carbonyl (C=O) groups is 1. The first-order valence-electron chi connectivity index (χ1n) is 7.00. The lowest BCUT2D eigenvalue weighted by Crippen LogP contribution is -2.19. The molecule has 1 aromatic carbocycles. The minimum atomic E-state index is -0.662. The number of hydrogen-bond acceptors (Lipinski definition) is 8. The number of hydrazone groups is 1. The lowest BCUT2D eigenvalue weighted by atomic mass is 10.3. The van der Waals surface area contributed by atoms with Crippen LogP contribution in [-0.2, 0) is 0 Å². The van der Waals surface area contributed by atoms with Crippen LogP contribution in [0.15, 0.2) is 41.5 Å². The van der Waals surface area contributed by atoms with Crippen LogP contribution in [0.3, 0.4) is 0 Å². The first-order valence-corrected chi connectivity index (χ1v) is 8.20. The second-order valence-corrected chi connectivity index (χ2v) is 6.37. The Morgan fingerprint density at radius 3 is 2.73 bits per heavy atom. The van der Waals surface area contributed by atoms with Crippen molar-refractivity contribution in [2.24, 2.45) is 5.10 Å². The molecule has 12 heteroatoms. The number of benzene rings is 1. The van der Waals surface area contributed by atoms with Gasteiger partial charge in [0.2, 0.25) is 0 Å². The quantitative estimate of drug-likeness (QED) is 0.388. The molecule has 2 aromatic heterocycles. The third kappa shape index (κ3) is 3.68. The van der Waals surface area contributed by atoms with Gasteiger partial charge < -0.3 is 5.73 Å². The van der Waals surface area contributed by atoms with Crippen molar-refractivity contribution in [1.82, 2.24) is 20.4 Å². The van der Waals surface area contributed by atoms with Crippen LogP contribution in [0.25, 0.3) is 5.69 Å². The molecular formula is C14H10ClN7O3S. The van der Waals surface area contributed by atoms with Crippen LogP contribution in [0.1, 0.15) is 15.4 Å². The third-order valence-electron chi connectivity index (χ3n) is 3.14. The minimum Gasteiger partial charge on any atom is -0.382 e. The number of nitrogens with zero attached hydrogens (tertiary/aromatic N) is 5. The zero-order valence-electron chi connectivity index (χ0n) is 12.9. The number of anilines is 1. The SMILES string of the molecule is Nc1c(C(=O)N/N=C/c2ccc([N+](=O)[O-])s2)nnn1-c1ccc(Cl)cc1. The predicted molar refractivity (Wildman–Crippen MR) is 96.8 cm³/mol. The molecule has 0 saturated heterocycles. The first-order chi connectivity index (χ1) is 12.5. The Bertz CT molecular complexity index is 996. The van der Waals surface area contributed by atoms with Crippen LogP contribution >= 0.6 is 22.9 Å². The molecule has 0 aliphatic heterocycles. The van der Waals surface area contributed by atoms with Crippen molar-refractivity contribution in [2.75, 3.05) is 5.73 Å². The molecule has 0 bridgehead atoms. The number of amides is 1. The summed E-state index contributed by atoms with van der Waals surface area (Å²) in [6, 6.07) is 9.53. The number of carbonyl (C=O) groups excluding carboxylic acids is 1. The van der Waals surface area contributed by atoms with Gasteiger partial charge in [0.15, 0.2) is 11.5 Å². The topological polar surface area (TPSA) is 141 Å². The summed E-state index contributed by atoms with van der Waals surface area (Å²) in [7, 11) is 0. The maximum Gasteiger partial charge on any atom is 0.324 e. The number of halogens is 1. The number of nitrogens with one attached hydrogen (secondary N) is 1. The summed E-state index contributed by atoms with van der Waals surface area (Å²) in [6.45, 7) is 0. The highest BCUT2D eigenvalue weighted by Gasteiger charge is 2.18. The van der Waals surface area contributed by atoms with Crippen LogP contribution in [0, 0.1) is 10.1 Å². The normalized spacial score (nSPS) is 11.0. The fourth-order valence-electron chi connectivity index (χ4n) is 1.94. The predicted octanol–water partition coefficient (Wildman–Crippen LogP) is 2.24. The van der Waals surface area contributed by atoms with Gasteiger partial charge >= 0.3 is 5.00 Å². The number of nitrogens with two attached hydrogens (primary N) is 1. The molecule has 0 fully saturated rings. The molecule has 0 radical (unpaired) electrons. The van der Waals surface area contributed by atoms with E-state index in [2.05, 4.69) is 20.8 Å². The standard InChI is InChI=1S/C14H10ClN7O3S/c15-8-1-3-9(4-2-8)21-13(16)12(18-20-21)14(23)19-17-7-10-5-6-11(26-10)22(24)25/h1-7H,16H2,(H,19,23)/b17-7+. The van der Waals surface area contributed by atoms with Crippen molar-refractivity contribution in [3.63, 3.8) is 0 Å². The van der Waals surface area contributed by atoms with Gasteiger partial charge in [-0.1, -0.05) is 28.2 Å². The first kappa shape index (κ1) is 17.5. The molecule has 0 atom stereocenters. The molecule has 0 aliphatic rings. The average molecular weight is 392 g/mol. The molecule has 0 unspecified atom stereocenters.